The third kappa shape index (κ3) is 3.54. The van der Waals surface area contributed by atoms with E-state index in [0.29, 0.717) is 31.9 Å². The molecule has 6 nitrogen and oxygen atoms in total. The second kappa shape index (κ2) is 6.16. The molecule has 1 unspecified atom stereocenters. The first-order chi connectivity index (χ1) is 9.08. The predicted octanol–water partition coefficient (Wildman–Crippen LogP) is 0.951. The molecule has 1 atom stereocenters. The summed E-state index contributed by atoms with van der Waals surface area (Å²) < 4.78 is 12.6. The lowest BCUT2D eigenvalue weighted by Crippen LogP contribution is -2.40. The number of rotatable bonds is 4. The van der Waals surface area contributed by atoms with Crippen molar-refractivity contribution in [2.45, 2.75) is 26.0 Å². The van der Waals surface area contributed by atoms with Crippen LogP contribution in [0, 0.1) is 0 Å². The highest BCUT2D eigenvalue weighted by atomic mass is 16.6. The molecular weight excluding hydrogens is 246 g/mol. The molecule has 1 saturated heterocycles. The smallest absolute Gasteiger partial charge is 0.256 e. The van der Waals surface area contributed by atoms with Crippen LogP contribution in [0.1, 0.15) is 30.2 Å². The molecule has 1 amide bonds. The molecule has 0 N–H and O–H groups in total. The zero-order valence-corrected chi connectivity index (χ0v) is 11.7. The van der Waals surface area contributed by atoms with Crippen molar-refractivity contribution in [3.8, 4) is 0 Å². The van der Waals surface area contributed by atoms with Crippen LogP contribution < -0.4 is 0 Å². The van der Waals surface area contributed by atoms with Gasteiger partial charge in [-0.1, -0.05) is 0 Å². The molecular formula is C13H21N3O3. The van der Waals surface area contributed by atoms with Crippen molar-refractivity contribution in [1.82, 2.24) is 14.7 Å². The van der Waals surface area contributed by atoms with Crippen LogP contribution in [-0.2, 0) is 9.47 Å². The first-order valence-corrected chi connectivity index (χ1v) is 6.57. The standard InChI is InChI=1S/C13H21N3O3/c1-10(2)16-7-11(6-14-16)13(17)15(3)8-12-9-18-4-5-19-12/h6-7,10,12H,4-5,8-9H2,1-3H3. The van der Waals surface area contributed by atoms with Crippen LogP contribution in [0.25, 0.3) is 0 Å². The number of hydrogen-bond donors (Lipinski definition) is 0. The molecule has 1 aliphatic heterocycles. The Balaban J connectivity index is 1.93. The van der Waals surface area contributed by atoms with Gasteiger partial charge in [0.25, 0.3) is 5.91 Å². The average Bonchev–Trinajstić information content (AvgIpc) is 2.88. The molecule has 2 rings (SSSR count). The zero-order valence-electron chi connectivity index (χ0n) is 11.7. The lowest BCUT2D eigenvalue weighted by molar-refractivity contribution is -0.0933. The van der Waals surface area contributed by atoms with E-state index in [-0.39, 0.29) is 18.1 Å². The fourth-order valence-electron chi connectivity index (χ4n) is 1.98. The van der Waals surface area contributed by atoms with Gasteiger partial charge in [0.15, 0.2) is 0 Å². The van der Waals surface area contributed by atoms with Crippen LogP contribution >= 0.6 is 0 Å². The number of hydrogen-bond acceptors (Lipinski definition) is 4. The molecule has 0 spiro atoms. The summed E-state index contributed by atoms with van der Waals surface area (Å²) in [4.78, 5) is 13.9. The van der Waals surface area contributed by atoms with Gasteiger partial charge in [-0.3, -0.25) is 9.48 Å². The molecule has 0 aromatic carbocycles. The molecule has 1 aromatic heterocycles. The van der Waals surface area contributed by atoms with Crippen LogP contribution in [0.4, 0.5) is 0 Å². The summed E-state index contributed by atoms with van der Waals surface area (Å²) in [5, 5.41) is 4.18. The number of ether oxygens (including phenoxy) is 2. The summed E-state index contributed by atoms with van der Waals surface area (Å²) in [6.07, 6.45) is 3.35. The van der Waals surface area contributed by atoms with Crippen molar-refractivity contribution >= 4 is 5.91 Å². The minimum absolute atomic E-state index is 0.0390. The molecule has 1 aliphatic rings. The zero-order chi connectivity index (χ0) is 13.8. The van der Waals surface area contributed by atoms with E-state index < -0.39 is 0 Å². The largest absolute Gasteiger partial charge is 0.376 e. The molecule has 1 fully saturated rings. The topological polar surface area (TPSA) is 56.6 Å². The highest BCUT2D eigenvalue weighted by Crippen LogP contribution is 2.09. The van der Waals surface area contributed by atoms with Gasteiger partial charge in [-0.15, -0.1) is 0 Å². The van der Waals surface area contributed by atoms with E-state index in [1.165, 1.54) is 0 Å². The van der Waals surface area contributed by atoms with Crippen LogP contribution in [-0.4, -0.2) is 60.1 Å². The van der Waals surface area contributed by atoms with Crippen LogP contribution in [0.2, 0.25) is 0 Å². The fraction of sp³-hybridized carbons (Fsp3) is 0.692. The van der Waals surface area contributed by atoms with E-state index in [4.69, 9.17) is 9.47 Å². The number of nitrogens with zero attached hydrogens (tertiary/aromatic N) is 3. The highest BCUT2D eigenvalue weighted by Gasteiger charge is 2.21. The van der Waals surface area contributed by atoms with Gasteiger partial charge in [0, 0.05) is 25.8 Å². The van der Waals surface area contributed by atoms with Crippen molar-refractivity contribution in [2.24, 2.45) is 0 Å². The third-order valence-electron chi connectivity index (χ3n) is 3.09. The number of carbonyl (C=O) groups excluding carboxylic acids is 1. The number of carbonyl (C=O) groups is 1. The van der Waals surface area contributed by atoms with Gasteiger partial charge in [0.1, 0.15) is 0 Å². The minimum atomic E-state index is -0.0407. The summed E-state index contributed by atoms with van der Waals surface area (Å²) in [5.74, 6) is -0.0407. The average molecular weight is 267 g/mol. The monoisotopic (exact) mass is 267 g/mol. The van der Waals surface area contributed by atoms with Gasteiger partial charge in [-0.25, -0.2) is 0 Å². The predicted molar refractivity (Wildman–Crippen MR) is 70.1 cm³/mol. The van der Waals surface area contributed by atoms with E-state index in [2.05, 4.69) is 5.10 Å². The number of likely N-dealkylation sites (N-methyl/N-ethyl adjacent to an activating group) is 1. The molecule has 106 valence electrons. The second-order valence-corrected chi connectivity index (χ2v) is 5.06. The number of aromatic nitrogens is 2. The Morgan fingerprint density at radius 1 is 1.58 bits per heavy atom. The quantitative estimate of drug-likeness (QED) is 0.815. The van der Waals surface area contributed by atoms with E-state index >= 15 is 0 Å². The Bertz CT molecular complexity index is 425. The van der Waals surface area contributed by atoms with Crippen molar-refractivity contribution in [3.63, 3.8) is 0 Å². The normalized spacial score (nSPS) is 19.7. The fourth-order valence-corrected chi connectivity index (χ4v) is 1.98. The first kappa shape index (κ1) is 14.0. The SMILES string of the molecule is CC(C)n1cc(C(=O)N(C)CC2COCCO2)cn1. The van der Waals surface area contributed by atoms with E-state index in [9.17, 15) is 4.79 Å². The molecule has 0 radical (unpaired) electrons. The van der Waals surface area contributed by atoms with Gasteiger partial charge in [0.05, 0.1) is 37.7 Å². The third-order valence-corrected chi connectivity index (χ3v) is 3.09. The van der Waals surface area contributed by atoms with Gasteiger partial charge in [-0.2, -0.15) is 5.10 Å². The molecule has 2 heterocycles. The molecule has 19 heavy (non-hydrogen) atoms. The summed E-state index contributed by atoms with van der Waals surface area (Å²) in [6, 6.07) is 0.252. The van der Waals surface area contributed by atoms with Gasteiger partial charge >= 0.3 is 0 Å². The summed E-state index contributed by atoms with van der Waals surface area (Å²) in [6.45, 7) is 6.36. The summed E-state index contributed by atoms with van der Waals surface area (Å²) in [7, 11) is 1.77. The van der Waals surface area contributed by atoms with Crippen LogP contribution in [0.5, 0.6) is 0 Å². The lowest BCUT2D eigenvalue weighted by Gasteiger charge is -2.27. The molecule has 0 aliphatic carbocycles. The van der Waals surface area contributed by atoms with Crippen LogP contribution in [0.15, 0.2) is 12.4 Å². The highest BCUT2D eigenvalue weighted by molar-refractivity contribution is 5.93. The molecule has 1 aromatic rings. The van der Waals surface area contributed by atoms with Crippen molar-refractivity contribution in [3.05, 3.63) is 18.0 Å². The second-order valence-electron chi connectivity index (χ2n) is 5.06. The van der Waals surface area contributed by atoms with Crippen molar-refractivity contribution < 1.29 is 14.3 Å². The van der Waals surface area contributed by atoms with Gasteiger partial charge < -0.3 is 14.4 Å². The Labute approximate surface area is 113 Å². The minimum Gasteiger partial charge on any atom is -0.376 e. The van der Waals surface area contributed by atoms with Crippen molar-refractivity contribution in [1.29, 1.82) is 0 Å². The van der Waals surface area contributed by atoms with Gasteiger partial charge in [0.2, 0.25) is 0 Å². The molecule has 6 heteroatoms. The van der Waals surface area contributed by atoms with Crippen LogP contribution in [0.3, 0.4) is 0 Å². The van der Waals surface area contributed by atoms with E-state index in [1.54, 1.807) is 29.0 Å². The summed E-state index contributed by atoms with van der Waals surface area (Å²) >= 11 is 0. The first-order valence-electron chi connectivity index (χ1n) is 6.57. The maximum absolute atomic E-state index is 12.2. The maximum Gasteiger partial charge on any atom is 0.256 e. The summed E-state index contributed by atoms with van der Waals surface area (Å²) in [5.41, 5.74) is 0.605. The van der Waals surface area contributed by atoms with E-state index in [0.717, 1.165) is 0 Å². The Hall–Kier alpha value is -1.40. The Morgan fingerprint density at radius 3 is 2.95 bits per heavy atom. The lowest BCUT2D eigenvalue weighted by atomic mass is 10.2. The Morgan fingerprint density at radius 2 is 2.37 bits per heavy atom. The number of amides is 1. The van der Waals surface area contributed by atoms with Gasteiger partial charge in [-0.05, 0) is 13.8 Å². The Kier molecular flexibility index (Phi) is 4.55. The van der Waals surface area contributed by atoms with Crippen molar-refractivity contribution in [2.75, 3.05) is 33.4 Å². The molecule has 0 saturated carbocycles. The molecule has 0 bridgehead atoms. The van der Waals surface area contributed by atoms with E-state index in [1.807, 2.05) is 13.8 Å². The maximum atomic E-state index is 12.2.